The molecule has 2 rings (SSSR count). The molecule has 0 aliphatic rings. The van der Waals surface area contributed by atoms with E-state index >= 15 is 0 Å². The highest BCUT2D eigenvalue weighted by Gasteiger charge is 2.11. The van der Waals surface area contributed by atoms with Gasteiger partial charge in [-0.15, -0.1) is 11.8 Å². The lowest BCUT2D eigenvalue weighted by Crippen LogP contribution is -2.24. The van der Waals surface area contributed by atoms with Gasteiger partial charge >= 0.3 is 0 Å². The second-order valence-corrected chi connectivity index (χ2v) is 6.46. The van der Waals surface area contributed by atoms with Gasteiger partial charge in [0.2, 0.25) is 0 Å². The lowest BCUT2D eigenvalue weighted by Gasteiger charge is -2.18. The SMILES string of the molecule is CCCNC(CSc1cccc(C)c1)c1ccc(C)nc1. The fraction of sp³-hybridized carbons (Fsp3) is 0.389. The van der Waals surface area contributed by atoms with Crippen LogP contribution < -0.4 is 5.32 Å². The fourth-order valence-electron chi connectivity index (χ4n) is 2.16. The molecule has 21 heavy (non-hydrogen) atoms. The van der Waals surface area contributed by atoms with E-state index in [9.17, 15) is 0 Å². The van der Waals surface area contributed by atoms with Crippen LogP contribution in [0.3, 0.4) is 0 Å². The fourth-order valence-corrected chi connectivity index (χ4v) is 3.28. The van der Waals surface area contributed by atoms with Gasteiger partial charge in [0, 0.05) is 28.6 Å². The number of aromatic nitrogens is 1. The summed E-state index contributed by atoms with van der Waals surface area (Å²) in [6, 6.07) is 13.3. The van der Waals surface area contributed by atoms with Gasteiger partial charge in [0.15, 0.2) is 0 Å². The van der Waals surface area contributed by atoms with Crippen LogP contribution in [-0.4, -0.2) is 17.3 Å². The van der Waals surface area contributed by atoms with E-state index < -0.39 is 0 Å². The quantitative estimate of drug-likeness (QED) is 0.760. The molecule has 2 aromatic rings. The van der Waals surface area contributed by atoms with E-state index in [0.29, 0.717) is 6.04 Å². The maximum atomic E-state index is 4.43. The van der Waals surface area contributed by atoms with E-state index in [1.807, 2.05) is 24.9 Å². The van der Waals surface area contributed by atoms with Crippen molar-refractivity contribution < 1.29 is 0 Å². The van der Waals surface area contributed by atoms with E-state index in [4.69, 9.17) is 0 Å². The molecular weight excluding hydrogens is 276 g/mol. The number of nitrogens with one attached hydrogen (secondary N) is 1. The van der Waals surface area contributed by atoms with Crippen molar-refractivity contribution in [1.82, 2.24) is 10.3 Å². The summed E-state index contributed by atoms with van der Waals surface area (Å²) in [5.74, 6) is 1.02. The summed E-state index contributed by atoms with van der Waals surface area (Å²) in [4.78, 5) is 5.76. The summed E-state index contributed by atoms with van der Waals surface area (Å²) in [6.45, 7) is 7.40. The van der Waals surface area contributed by atoms with Gasteiger partial charge in [-0.2, -0.15) is 0 Å². The normalized spacial score (nSPS) is 12.3. The highest BCUT2D eigenvalue weighted by atomic mass is 32.2. The molecule has 3 heteroatoms. The van der Waals surface area contributed by atoms with Gasteiger partial charge in [0.05, 0.1) is 0 Å². The lowest BCUT2D eigenvalue weighted by molar-refractivity contribution is 0.575. The molecule has 1 atom stereocenters. The van der Waals surface area contributed by atoms with Crippen molar-refractivity contribution in [2.45, 2.75) is 38.1 Å². The van der Waals surface area contributed by atoms with Crippen molar-refractivity contribution in [3.63, 3.8) is 0 Å². The molecule has 0 radical (unpaired) electrons. The van der Waals surface area contributed by atoms with Crippen LogP contribution in [0.15, 0.2) is 47.5 Å². The van der Waals surface area contributed by atoms with Gasteiger partial charge < -0.3 is 5.32 Å². The van der Waals surface area contributed by atoms with Crippen LogP contribution in [0.4, 0.5) is 0 Å². The van der Waals surface area contributed by atoms with Crippen LogP contribution in [0.5, 0.6) is 0 Å². The van der Waals surface area contributed by atoms with E-state index in [1.54, 1.807) is 0 Å². The molecule has 1 aromatic heterocycles. The van der Waals surface area contributed by atoms with Crippen LogP contribution in [0.25, 0.3) is 0 Å². The summed E-state index contributed by atoms with van der Waals surface area (Å²) in [6.07, 6.45) is 3.14. The number of aryl methyl sites for hydroxylation is 2. The number of hydrogen-bond acceptors (Lipinski definition) is 3. The zero-order valence-corrected chi connectivity index (χ0v) is 13.9. The van der Waals surface area contributed by atoms with Crippen molar-refractivity contribution in [3.05, 3.63) is 59.4 Å². The molecule has 2 nitrogen and oxygen atoms in total. The number of pyridine rings is 1. The minimum Gasteiger partial charge on any atom is -0.309 e. The second kappa shape index (κ2) is 8.20. The summed E-state index contributed by atoms with van der Waals surface area (Å²) < 4.78 is 0. The Balaban J connectivity index is 2.04. The Labute approximate surface area is 132 Å². The first-order chi connectivity index (χ1) is 10.2. The predicted octanol–water partition coefficient (Wildman–Crippen LogP) is 4.53. The van der Waals surface area contributed by atoms with Gasteiger partial charge in [0.1, 0.15) is 0 Å². The van der Waals surface area contributed by atoms with E-state index in [-0.39, 0.29) is 0 Å². The number of rotatable bonds is 7. The minimum absolute atomic E-state index is 0.351. The van der Waals surface area contributed by atoms with Gasteiger partial charge in [-0.3, -0.25) is 4.98 Å². The predicted molar refractivity (Wildman–Crippen MR) is 91.9 cm³/mol. The molecule has 0 bridgehead atoms. The molecular formula is C18H24N2S. The van der Waals surface area contributed by atoms with E-state index in [1.165, 1.54) is 16.0 Å². The molecule has 0 spiro atoms. The first-order valence-corrected chi connectivity index (χ1v) is 8.53. The maximum absolute atomic E-state index is 4.43. The molecule has 0 saturated carbocycles. The first kappa shape index (κ1) is 16.1. The Bertz CT molecular complexity index is 551. The molecule has 1 unspecified atom stereocenters. The highest BCUT2D eigenvalue weighted by molar-refractivity contribution is 7.99. The Hall–Kier alpha value is -1.32. The molecule has 1 heterocycles. The van der Waals surface area contributed by atoms with Crippen LogP contribution >= 0.6 is 11.8 Å². The van der Waals surface area contributed by atoms with E-state index in [2.05, 4.69) is 60.5 Å². The Morgan fingerprint density at radius 1 is 1.19 bits per heavy atom. The summed E-state index contributed by atoms with van der Waals surface area (Å²) >= 11 is 1.90. The highest BCUT2D eigenvalue weighted by Crippen LogP contribution is 2.25. The third-order valence-electron chi connectivity index (χ3n) is 3.38. The second-order valence-electron chi connectivity index (χ2n) is 5.37. The van der Waals surface area contributed by atoms with Crippen molar-refractivity contribution in [3.8, 4) is 0 Å². The van der Waals surface area contributed by atoms with Gasteiger partial charge in [-0.25, -0.2) is 0 Å². The van der Waals surface area contributed by atoms with Gasteiger partial charge in [-0.05, 0) is 50.6 Å². The molecule has 0 amide bonds. The largest absolute Gasteiger partial charge is 0.309 e. The number of nitrogens with zero attached hydrogens (tertiary/aromatic N) is 1. The third kappa shape index (κ3) is 5.18. The Morgan fingerprint density at radius 3 is 2.71 bits per heavy atom. The molecule has 1 N–H and O–H groups in total. The van der Waals surface area contributed by atoms with Crippen LogP contribution in [0.2, 0.25) is 0 Å². The minimum atomic E-state index is 0.351. The van der Waals surface area contributed by atoms with Gasteiger partial charge in [-0.1, -0.05) is 30.7 Å². The molecule has 1 aromatic carbocycles. The maximum Gasteiger partial charge on any atom is 0.0430 e. The third-order valence-corrected chi connectivity index (χ3v) is 4.47. The van der Waals surface area contributed by atoms with Crippen LogP contribution in [-0.2, 0) is 0 Å². The average Bonchev–Trinajstić information content (AvgIpc) is 2.49. The zero-order valence-electron chi connectivity index (χ0n) is 13.1. The van der Waals surface area contributed by atoms with Gasteiger partial charge in [0.25, 0.3) is 0 Å². The Morgan fingerprint density at radius 2 is 2.05 bits per heavy atom. The van der Waals surface area contributed by atoms with Crippen molar-refractivity contribution >= 4 is 11.8 Å². The monoisotopic (exact) mass is 300 g/mol. The zero-order chi connectivity index (χ0) is 15.1. The lowest BCUT2D eigenvalue weighted by atomic mass is 10.1. The summed E-state index contributed by atoms with van der Waals surface area (Å²) in [5, 5.41) is 3.63. The van der Waals surface area contributed by atoms with Crippen LogP contribution in [0.1, 0.15) is 36.2 Å². The average molecular weight is 300 g/mol. The number of benzene rings is 1. The molecule has 112 valence electrons. The molecule has 0 fully saturated rings. The summed E-state index contributed by atoms with van der Waals surface area (Å²) in [7, 11) is 0. The standard InChI is InChI=1S/C18H24N2S/c1-4-10-19-18(16-9-8-15(3)20-12-16)13-21-17-7-5-6-14(2)11-17/h5-9,11-12,18-19H,4,10,13H2,1-3H3. The smallest absolute Gasteiger partial charge is 0.0430 e. The van der Waals surface area contributed by atoms with E-state index in [0.717, 1.165) is 24.4 Å². The molecule has 0 saturated heterocycles. The van der Waals surface area contributed by atoms with Crippen molar-refractivity contribution in [2.75, 3.05) is 12.3 Å². The van der Waals surface area contributed by atoms with Crippen molar-refractivity contribution in [1.29, 1.82) is 0 Å². The van der Waals surface area contributed by atoms with Crippen LogP contribution in [0, 0.1) is 13.8 Å². The molecule has 0 aliphatic heterocycles. The topological polar surface area (TPSA) is 24.9 Å². The van der Waals surface area contributed by atoms with Crippen molar-refractivity contribution in [2.24, 2.45) is 0 Å². The Kier molecular flexibility index (Phi) is 6.27. The summed E-state index contributed by atoms with van der Waals surface area (Å²) in [5.41, 5.74) is 3.66. The molecule has 0 aliphatic carbocycles. The number of hydrogen-bond donors (Lipinski definition) is 1. The first-order valence-electron chi connectivity index (χ1n) is 7.54. The number of thioether (sulfide) groups is 1.